The van der Waals surface area contributed by atoms with E-state index in [4.69, 9.17) is 9.84 Å². The van der Waals surface area contributed by atoms with Crippen LogP contribution in [0, 0.1) is 29.1 Å². The van der Waals surface area contributed by atoms with Gasteiger partial charge in [-0.1, -0.05) is 38.8 Å². The van der Waals surface area contributed by atoms with Crippen molar-refractivity contribution in [3.05, 3.63) is 23.5 Å². The van der Waals surface area contributed by atoms with Gasteiger partial charge in [-0.05, 0) is 25.2 Å². The third-order valence-corrected chi connectivity index (χ3v) is 6.02. The van der Waals surface area contributed by atoms with E-state index < -0.39 is 18.2 Å². The molecule has 0 amide bonds. The maximum atomic E-state index is 10.7. The van der Waals surface area contributed by atoms with Crippen molar-refractivity contribution in [1.29, 1.82) is 5.26 Å². The van der Waals surface area contributed by atoms with Crippen molar-refractivity contribution >= 4 is 5.97 Å². The Balaban J connectivity index is 2.00. The summed E-state index contributed by atoms with van der Waals surface area (Å²) >= 11 is 0. The molecule has 6 heteroatoms. The van der Waals surface area contributed by atoms with Crippen LogP contribution in [0.3, 0.4) is 0 Å². The topological polar surface area (TPSA) is 111 Å². The van der Waals surface area contributed by atoms with Crippen LogP contribution >= 0.6 is 0 Å². The maximum Gasteiger partial charge on any atom is 0.303 e. The molecule has 6 nitrogen and oxygen atoms in total. The van der Waals surface area contributed by atoms with E-state index in [1.807, 2.05) is 13.0 Å². The van der Waals surface area contributed by atoms with Crippen LogP contribution in [0.4, 0.5) is 0 Å². The smallest absolute Gasteiger partial charge is 0.303 e. The molecule has 156 valence electrons. The molecule has 1 saturated heterocycles. The molecule has 6 atom stereocenters. The minimum atomic E-state index is -0.869. The van der Waals surface area contributed by atoms with Crippen molar-refractivity contribution in [1.82, 2.24) is 0 Å². The summed E-state index contributed by atoms with van der Waals surface area (Å²) in [7, 11) is 0. The second kappa shape index (κ2) is 10.6. The van der Waals surface area contributed by atoms with Crippen LogP contribution in [0.2, 0.25) is 0 Å². The quantitative estimate of drug-likeness (QED) is 0.388. The van der Waals surface area contributed by atoms with E-state index in [1.54, 1.807) is 6.08 Å². The highest BCUT2D eigenvalue weighted by molar-refractivity contribution is 5.66. The molecule has 28 heavy (non-hydrogen) atoms. The van der Waals surface area contributed by atoms with Crippen LogP contribution in [0.5, 0.6) is 0 Å². The number of allylic oxidation sites excluding steroid dienone is 2. The van der Waals surface area contributed by atoms with Gasteiger partial charge in [0.25, 0.3) is 0 Å². The van der Waals surface area contributed by atoms with Gasteiger partial charge in [-0.25, -0.2) is 0 Å². The summed E-state index contributed by atoms with van der Waals surface area (Å²) in [6.07, 6.45) is 7.65. The predicted molar refractivity (Wildman–Crippen MR) is 105 cm³/mol. The molecule has 1 aliphatic carbocycles. The standard InChI is InChI=1S/C22H33NO5/c1-3-4-6-14(2)18(24)10-9-16-17-11-20(28-21(17)12-19(16)25)15(13-23)7-5-8-22(26)27/h9-10,14,16-19,21,24-25H,3-8,11-12H2,1-2H3,(H,26,27)/b10-9+,20-15+/t14?,16-,17-,18-,19-,21+/m1/s1. The van der Waals surface area contributed by atoms with E-state index in [0.717, 1.165) is 19.3 Å². The Morgan fingerprint density at radius 2 is 2.14 bits per heavy atom. The number of carboxylic acids is 1. The van der Waals surface area contributed by atoms with Gasteiger partial charge >= 0.3 is 5.97 Å². The number of carbonyl (C=O) groups is 1. The molecule has 0 radical (unpaired) electrons. The average Bonchev–Trinajstić information content (AvgIpc) is 3.18. The number of unbranched alkanes of at least 4 members (excludes halogenated alkanes) is 1. The fraction of sp³-hybridized carbons (Fsp3) is 0.727. The highest BCUT2D eigenvalue weighted by atomic mass is 16.5. The number of aliphatic hydroxyl groups is 2. The van der Waals surface area contributed by atoms with Gasteiger partial charge in [0.2, 0.25) is 0 Å². The van der Waals surface area contributed by atoms with Gasteiger partial charge in [0.1, 0.15) is 11.9 Å². The lowest BCUT2D eigenvalue weighted by Crippen LogP contribution is -2.20. The van der Waals surface area contributed by atoms with Crippen LogP contribution in [-0.2, 0) is 9.53 Å². The lowest BCUT2D eigenvalue weighted by atomic mass is 9.89. The SMILES string of the molecule is CCCCC(C)[C@H](O)/C=C/[C@@H]1[C@H]2C/C(=C(\C#N)CCCC(=O)O)O[C@H]2C[C@H]1O. The molecule has 0 spiro atoms. The largest absolute Gasteiger partial charge is 0.493 e. The van der Waals surface area contributed by atoms with Gasteiger partial charge in [-0.2, -0.15) is 5.26 Å². The van der Waals surface area contributed by atoms with Crippen LogP contribution in [0.1, 0.15) is 65.2 Å². The zero-order chi connectivity index (χ0) is 20.7. The zero-order valence-electron chi connectivity index (χ0n) is 16.9. The third kappa shape index (κ3) is 5.83. The predicted octanol–water partition coefficient (Wildman–Crippen LogP) is 3.55. The van der Waals surface area contributed by atoms with Crippen LogP contribution in [0.25, 0.3) is 0 Å². The minimum Gasteiger partial charge on any atom is -0.493 e. The van der Waals surface area contributed by atoms with Crippen molar-refractivity contribution in [3.63, 3.8) is 0 Å². The zero-order valence-corrected chi connectivity index (χ0v) is 16.9. The van der Waals surface area contributed by atoms with E-state index in [1.165, 1.54) is 0 Å². The minimum absolute atomic E-state index is 0.0312. The number of ether oxygens (including phenoxy) is 1. The summed E-state index contributed by atoms with van der Waals surface area (Å²) in [5.74, 6) is -0.0615. The Bertz CT molecular complexity index is 635. The van der Waals surface area contributed by atoms with Gasteiger partial charge in [0, 0.05) is 31.1 Å². The number of rotatable bonds is 10. The number of aliphatic carboxylic acids is 1. The molecule has 1 unspecified atom stereocenters. The first kappa shape index (κ1) is 22.4. The molecule has 2 rings (SSSR count). The van der Waals surface area contributed by atoms with E-state index in [2.05, 4.69) is 13.0 Å². The highest BCUT2D eigenvalue weighted by Crippen LogP contribution is 2.46. The number of carboxylic acid groups (broad SMARTS) is 1. The second-order valence-corrected chi connectivity index (χ2v) is 8.16. The Labute approximate surface area is 167 Å². The summed E-state index contributed by atoms with van der Waals surface area (Å²) in [6.45, 7) is 4.17. The molecule has 1 saturated carbocycles. The molecule has 0 aromatic heterocycles. The average molecular weight is 392 g/mol. The lowest BCUT2D eigenvalue weighted by molar-refractivity contribution is -0.137. The highest BCUT2D eigenvalue weighted by Gasteiger charge is 2.47. The third-order valence-electron chi connectivity index (χ3n) is 6.02. The Morgan fingerprint density at radius 3 is 2.79 bits per heavy atom. The number of hydrogen-bond donors (Lipinski definition) is 3. The van der Waals surface area contributed by atoms with Crippen molar-refractivity contribution < 1.29 is 24.9 Å². The van der Waals surface area contributed by atoms with Crippen molar-refractivity contribution in [2.75, 3.05) is 0 Å². The van der Waals surface area contributed by atoms with Crippen molar-refractivity contribution in [2.24, 2.45) is 17.8 Å². The number of aliphatic hydroxyl groups excluding tert-OH is 2. The van der Waals surface area contributed by atoms with Crippen LogP contribution in [0.15, 0.2) is 23.5 Å². The van der Waals surface area contributed by atoms with Gasteiger partial charge in [0.05, 0.1) is 23.9 Å². The van der Waals surface area contributed by atoms with E-state index in [9.17, 15) is 20.3 Å². The van der Waals surface area contributed by atoms with Crippen LogP contribution in [-0.4, -0.2) is 39.6 Å². The molecule has 2 fully saturated rings. The summed E-state index contributed by atoms with van der Waals surface area (Å²) in [5, 5.41) is 38.9. The molecule has 0 aromatic rings. The maximum absolute atomic E-state index is 10.7. The van der Waals surface area contributed by atoms with Gasteiger partial charge in [-0.3, -0.25) is 4.79 Å². The van der Waals surface area contributed by atoms with E-state index in [0.29, 0.717) is 37.0 Å². The van der Waals surface area contributed by atoms with Crippen molar-refractivity contribution in [3.8, 4) is 6.07 Å². The van der Waals surface area contributed by atoms with E-state index in [-0.39, 0.29) is 30.3 Å². The van der Waals surface area contributed by atoms with Gasteiger partial charge < -0.3 is 20.1 Å². The monoisotopic (exact) mass is 391 g/mol. The first-order valence-electron chi connectivity index (χ1n) is 10.4. The first-order valence-corrected chi connectivity index (χ1v) is 10.4. The number of nitriles is 1. The summed E-state index contributed by atoms with van der Waals surface area (Å²) in [6, 6.07) is 2.16. The molecule has 0 aromatic carbocycles. The number of fused-ring (bicyclic) bond motifs is 1. The molecular formula is C22H33NO5. The molecule has 1 aliphatic heterocycles. The fourth-order valence-corrected chi connectivity index (χ4v) is 4.22. The summed E-state index contributed by atoms with van der Waals surface area (Å²) in [5.41, 5.74) is 0.515. The fourth-order valence-electron chi connectivity index (χ4n) is 4.22. The molecule has 0 bridgehead atoms. The van der Waals surface area contributed by atoms with E-state index >= 15 is 0 Å². The molecular weight excluding hydrogens is 358 g/mol. The van der Waals surface area contributed by atoms with Gasteiger partial charge in [-0.15, -0.1) is 0 Å². The van der Waals surface area contributed by atoms with Gasteiger partial charge in [0.15, 0.2) is 0 Å². The lowest BCUT2D eigenvalue weighted by Gasteiger charge is -2.18. The van der Waals surface area contributed by atoms with Crippen LogP contribution < -0.4 is 0 Å². The van der Waals surface area contributed by atoms with Crippen molar-refractivity contribution in [2.45, 2.75) is 83.5 Å². The summed E-state index contributed by atoms with van der Waals surface area (Å²) in [4.78, 5) is 10.7. The normalized spacial score (nSPS) is 30.5. The Hall–Kier alpha value is -1.84. The molecule has 1 heterocycles. The Kier molecular flexibility index (Phi) is 8.53. The Morgan fingerprint density at radius 1 is 1.39 bits per heavy atom. The second-order valence-electron chi connectivity index (χ2n) is 8.16. The molecule has 3 N–H and O–H groups in total. The molecule has 2 aliphatic rings. The summed E-state index contributed by atoms with van der Waals surface area (Å²) < 4.78 is 5.96. The number of nitrogens with zero attached hydrogens (tertiary/aromatic N) is 1. The number of hydrogen-bond acceptors (Lipinski definition) is 5. The first-order chi connectivity index (χ1) is 13.4.